The van der Waals surface area contributed by atoms with Crippen molar-refractivity contribution in [1.29, 1.82) is 0 Å². The van der Waals surface area contributed by atoms with Gasteiger partial charge in [0, 0.05) is 12.8 Å². The van der Waals surface area contributed by atoms with Crippen LogP contribution >= 0.6 is 0 Å². The van der Waals surface area contributed by atoms with Crippen molar-refractivity contribution < 1.29 is 19.2 Å². The quantitative estimate of drug-likeness (QED) is 0.543. The van der Waals surface area contributed by atoms with Crippen molar-refractivity contribution >= 4 is 24.3 Å². The molecule has 0 aromatic carbocycles. The number of carbonyl (C=O) groups excluding carboxylic acids is 4. The maximum Gasteiger partial charge on any atom is 0.237 e. The molecule has 0 aromatic rings. The smallest absolute Gasteiger partial charge is 0.211 e. The lowest BCUT2D eigenvalue weighted by atomic mass is 9.90. The van der Waals surface area contributed by atoms with Crippen LogP contribution in [0.2, 0.25) is 0 Å². The molecule has 0 N–H and O–H groups in total. The first-order valence-electron chi connectivity index (χ1n) is 7.23. The Hall–Kier alpha value is -3.52. The average Bonchev–Trinajstić information content (AvgIpc) is 2.60. The molecule has 0 saturated carbocycles. The molecule has 0 aromatic heterocycles. The third-order valence-electron chi connectivity index (χ3n) is 3.82. The molecule has 8 nitrogen and oxygen atoms in total. The Bertz CT molecular complexity index is 762. The molecule has 0 aliphatic heterocycles. The van der Waals surface area contributed by atoms with Crippen molar-refractivity contribution in [3.05, 3.63) is 47.6 Å². The minimum absolute atomic E-state index is 0.245. The lowest BCUT2D eigenvalue weighted by Crippen LogP contribution is -2.22. The first kappa shape index (κ1) is 17.8. The minimum atomic E-state index is -1.27. The van der Waals surface area contributed by atoms with Crippen LogP contribution in [0.4, 0.5) is 0 Å². The number of hydrogen-bond acceptors (Lipinski definition) is 8. The second kappa shape index (κ2) is 7.84. The van der Waals surface area contributed by atoms with Crippen LogP contribution in [0.1, 0.15) is 19.3 Å². The van der Waals surface area contributed by atoms with Crippen LogP contribution in [0.25, 0.3) is 0 Å². The van der Waals surface area contributed by atoms with Gasteiger partial charge in [-0.15, -0.1) is 0 Å². The number of allylic oxidation sites excluding steroid dienone is 4. The molecular weight excluding hydrogens is 324 g/mol. The molecule has 8 heteroatoms. The Kier molecular flexibility index (Phi) is 5.59. The maximum atomic E-state index is 10.5. The van der Waals surface area contributed by atoms with Crippen LogP contribution in [-0.4, -0.2) is 35.6 Å². The van der Waals surface area contributed by atoms with Crippen molar-refractivity contribution in [2.45, 2.75) is 30.6 Å². The van der Waals surface area contributed by atoms with Gasteiger partial charge in [0.05, 0.1) is 0 Å². The summed E-state index contributed by atoms with van der Waals surface area (Å²) in [4.78, 5) is 56.2. The van der Waals surface area contributed by atoms with Gasteiger partial charge >= 0.3 is 0 Å². The fourth-order valence-electron chi connectivity index (χ4n) is 2.51. The van der Waals surface area contributed by atoms with Gasteiger partial charge in [-0.05, 0) is 29.7 Å². The van der Waals surface area contributed by atoms with E-state index in [1.807, 2.05) is 12.2 Å². The highest BCUT2D eigenvalue weighted by Crippen LogP contribution is 2.31. The molecule has 2 aliphatic carbocycles. The summed E-state index contributed by atoms with van der Waals surface area (Å²) >= 11 is 0. The average molecular weight is 336 g/mol. The Morgan fingerprint density at radius 3 is 1.32 bits per heavy atom. The highest BCUT2D eigenvalue weighted by molar-refractivity contribution is 5.46. The van der Waals surface area contributed by atoms with Crippen LogP contribution in [0, 0.1) is 0 Å². The first-order chi connectivity index (χ1) is 12.1. The third kappa shape index (κ3) is 4.27. The normalized spacial score (nSPS) is 26.7. The van der Waals surface area contributed by atoms with Gasteiger partial charge in [0.1, 0.15) is 0 Å². The van der Waals surface area contributed by atoms with E-state index in [-0.39, 0.29) is 12.8 Å². The van der Waals surface area contributed by atoms with Gasteiger partial charge in [0.15, 0.2) is 11.3 Å². The summed E-state index contributed by atoms with van der Waals surface area (Å²) < 4.78 is 0. The van der Waals surface area contributed by atoms with Gasteiger partial charge in [-0.2, -0.15) is 20.0 Å². The lowest BCUT2D eigenvalue weighted by molar-refractivity contribution is 0.512. The van der Waals surface area contributed by atoms with E-state index in [0.717, 1.165) is 11.1 Å². The number of nitrogens with zero attached hydrogens (tertiary/aromatic N) is 4. The summed E-state index contributed by atoms with van der Waals surface area (Å²) in [6.45, 7) is 0. The molecule has 0 radical (unpaired) electrons. The number of aliphatic imine (C=N–C) groups is 4. The Labute approximate surface area is 142 Å². The predicted octanol–water partition coefficient (Wildman–Crippen LogP) is 1.88. The monoisotopic (exact) mass is 336 g/mol. The van der Waals surface area contributed by atoms with E-state index in [1.165, 1.54) is 24.3 Å². The summed E-state index contributed by atoms with van der Waals surface area (Å²) in [5.74, 6) is 0. The Balaban J connectivity index is 2.11. The SMILES string of the molecule is O=C=NC1(N=C=O)C=CC(CC2=CCC(N=C=O)(N=C=O)C=C2)=CC1. The molecule has 2 rings (SSSR count). The zero-order chi connectivity index (χ0) is 18.2. The standard InChI is InChI=1S/C17H12N4O4/c22-10-18-16(19-11-23)5-1-14(2-6-16)9-15-3-7-17(8-4-15,20-12-24)21-13-25/h1-5,7H,6,8-9H2. The van der Waals surface area contributed by atoms with E-state index in [0.29, 0.717) is 6.42 Å². The van der Waals surface area contributed by atoms with Crippen molar-refractivity contribution in [1.82, 2.24) is 0 Å². The van der Waals surface area contributed by atoms with Crippen LogP contribution in [0.5, 0.6) is 0 Å². The third-order valence-corrected chi connectivity index (χ3v) is 3.82. The summed E-state index contributed by atoms with van der Waals surface area (Å²) in [6.07, 6.45) is 16.8. The van der Waals surface area contributed by atoms with Crippen LogP contribution in [-0.2, 0) is 19.2 Å². The minimum Gasteiger partial charge on any atom is -0.211 e. The van der Waals surface area contributed by atoms with E-state index in [9.17, 15) is 19.2 Å². The highest BCUT2D eigenvalue weighted by atomic mass is 16.1. The maximum absolute atomic E-state index is 10.5. The van der Waals surface area contributed by atoms with Gasteiger partial charge in [0.2, 0.25) is 24.3 Å². The number of hydrogen-bond donors (Lipinski definition) is 0. The molecule has 0 saturated heterocycles. The molecule has 0 spiro atoms. The number of isocyanates is 4. The summed E-state index contributed by atoms with van der Waals surface area (Å²) in [5.41, 5.74) is -0.676. The van der Waals surface area contributed by atoms with Crippen molar-refractivity contribution in [3.8, 4) is 0 Å². The molecule has 124 valence electrons. The topological polar surface area (TPSA) is 118 Å². The molecule has 0 atom stereocenters. The fraction of sp³-hybridized carbons (Fsp3) is 0.294. The van der Waals surface area contributed by atoms with Crippen molar-refractivity contribution in [2.24, 2.45) is 20.0 Å². The molecule has 0 heterocycles. The molecule has 0 fully saturated rings. The predicted molar refractivity (Wildman–Crippen MR) is 86.2 cm³/mol. The zero-order valence-corrected chi connectivity index (χ0v) is 13.0. The lowest BCUT2D eigenvalue weighted by Gasteiger charge is -2.23. The highest BCUT2D eigenvalue weighted by Gasteiger charge is 2.29. The van der Waals surface area contributed by atoms with Gasteiger partial charge < -0.3 is 0 Å². The molecule has 0 unspecified atom stereocenters. The fourth-order valence-corrected chi connectivity index (χ4v) is 2.51. The van der Waals surface area contributed by atoms with Crippen LogP contribution < -0.4 is 0 Å². The summed E-state index contributed by atoms with van der Waals surface area (Å²) in [6, 6.07) is 0. The summed E-state index contributed by atoms with van der Waals surface area (Å²) in [5, 5.41) is 0. The molecule has 0 amide bonds. The van der Waals surface area contributed by atoms with Crippen LogP contribution in [0.15, 0.2) is 67.6 Å². The summed E-state index contributed by atoms with van der Waals surface area (Å²) in [7, 11) is 0. The number of rotatable bonds is 6. The van der Waals surface area contributed by atoms with Gasteiger partial charge in [-0.1, -0.05) is 24.3 Å². The van der Waals surface area contributed by atoms with Gasteiger partial charge in [-0.25, -0.2) is 19.2 Å². The van der Waals surface area contributed by atoms with Gasteiger partial charge in [-0.3, -0.25) is 0 Å². The van der Waals surface area contributed by atoms with Gasteiger partial charge in [0.25, 0.3) is 0 Å². The van der Waals surface area contributed by atoms with E-state index in [2.05, 4.69) is 20.0 Å². The first-order valence-corrected chi connectivity index (χ1v) is 7.23. The van der Waals surface area contributed by atoms with E-state index < -0.39 is 11.3 Å². The van der Waals surface area contributed by atoms with Crippen molar-refractivity contribution in [3.63, 3.8) is 0 Å². The molecule has 25 heavy (non-hydrogen) atoms. The van der Waals surface area contributed by atoms with Crippen molar-refractivity contribution in [2.75, 3.05) is 0 Å². The second-order valence-corrected chi connectivity index (χ2v) is 5.38. The largest absolute Gasteiger partial charge is 0.237 e. The molecule has 0 bridgehead atoms. The molecule has 2 aliphatic rings. The Morgan fingerprint density at radius 1 is 0.720 bits per heavy atom. The van der Waals surface area contributed by atoms with E-state index >= 15 is 0 Å². The molecular formula is C17H12N4O4. The zero-order valence-electron chi connectivity index (χ0n) is 13.0. The van der Waals surface area contributed by atoms with E-state index in [1.54, 1.807) is 24.3 Å². The second-order valence-electron chi connectivity index (χ2n) is 5.38. The van der Waals surface area contributed by atoms with E-state index in [4.69, 9.17) is 0 Å². The van der Waals surface area contributed by atoms with Crippen LogP contribution in [0.3, 0.4) is 0 Å². The Morgan fingerprint density at radius 2 is 1.08 bits per heavy atom.